The van der Waals surface area contributed by atoms with E-state index in [1.165, 1.54) is 16.0 Å². The number of rotatable bonds is 2. The molecule has 0 aliphatic carbocycles. The van der Waals surface area contributed by atoms with Gasteiger partial charge in [0.1, 0.15) is 0 Å². The lowest BCUT2D eigenvalue weighted by Crippen LogP contribution is -2.02. The van der Waals surface area contributed by atoms with Crippen LogP contribution in [0.2, 0.25) is 0 Å². The minimum Gasteiger partial charge on any atom is -0.399 e. The van der Waals surface area contributed by atoms with Crippen molar-refractivity contribution in [3.05, 3.63) is 89.1 Å². The van der Waals surface area contributed by atoms with E-state index < -0.39 is 0 Å². The van der Waals surface area contributed by atoms with Crippen molar-refractivity contribution in [2.24, 2.45) is 10.9 Å². The summed E-state index contributed by atoms with van der Waals surface area (Å²) in [6.45, 7) is 2.10. The maximum absolute atomic E-state index is 8.97. The first-order chi connectivity index (χ1) is 17.0. The van der Waals surface area contributed by atoms with Crippen LogP contribution in [0, 0.1) is 12.3 Å². The molecule has 0 saturated heterocycles. The fourth-order valence-electron chi connectivity index (χ4n) is 5.00. The molecule has 2 heterocycles. The van der Waals surface area contributed by atoms with Crippen LogP contribution in [0.15, 0.2) is 77.9 Å². The number of nitrogens with zero attached hydrogens (tertiary/aromatic N) is 1. The maximum atomic E-state index is 8.97. The van der Waals surface area contributed by atoms with Crippen molar-refractivity contribution >= 4 is 70.1 Å². The third kappa shape index (κ3) is 2.90. The molecule has 0 spiro atoms. The predicted octanol–water partition coefficient (Wildman–Crippen LogP) is 6.78. The van der Waals surface area contributed by atoms with E-state index in [0.717, 1.165) is 63.2 Å². The van der Waals surface area contributed by atoms with Gasteiger partial charge in [-0.2, -0.15) is 5.10 Å². The lowest BCUT2D eigenvalue weighted by molar-refractivity contribution is 1.17. The Bertz CT molecular complexity index is 2030. The van der Waals surface area contributed by atoms with Crippen LogP contribution in [0.3, 0.4) is 0 Å². The summed E-state index contributed by atoms with van der Waals surface area (Å²) in [5.74, 6) is 5.93. The van der Waals surface area contributed by atoms with Gasteiger partial charge in [-0.25, -0.2) is 0 Å². The monoisotopic (exact) mass is 488 g/mol. The van der Waals surface area contributed by atoms with E-state index in [1.807, 2.05) is 24.3 Å². The first-order valence-electron chi connectivity index (χ1n) is 11.3. The van der Waals surface area contributed by atoms with Gasteiger partial charge in [-0.3, -0.25) is 5.41 Å². The van der Waals surface area contributed by atoms with Crippen LogP contribution in [0.25, 0.3) is 62.6 Å². The molecule has 5 N–H and O–H groups in total. The molecule has 7 rings (SSSR count). The summed E-state index contributed by atoms with van der Waals surface area (Å²) < 4.78 is 2.31. The molecule has 2 aromatic heterocycles. The zero-order valence-electron chi connectivity index (χ0n) is 18.8. The van der Waals surface area contributed by atoms with Crippen LogP contribution >= 0.6 is 22.7 Å². The van der Waals surface area contributed by atoms with Crippen molar-refractivity contribution in [2.75, 3.05) is 5.73 Å². The molecule has 0 unspecified atom stereocenters. The standard InChI is InChI=1S/C29H20N4S2/c1-14-2-4-15(5-3-14)24-12-22-26(31)18-10-21-19(11-20(18)28(22)34-24)27(33-32)23-13-25(35-29(21)23)16-6-8-17(30)9-7-16/h2-13,31H,30,32H2,1H3/b31-26?,33-27-. The normalized spacial score (nSPS) is 12.7. The molecule has 168 valence electrons. The van der Waals surface area contributed by atoms with Crippen molar-refractivity contribution in [1.82, 2.24) is 0 Å². The average Bonchev–Trinajstić information content (AvgIpc) is 3.60. The zero-order chi connectivity index (χ0) is 23.8. The van der Waals surface area contributed by atoms with Crippen LogP contribution in [-0.4, -0.2) is 0 Å². The Hall–Kier alpha value is -4.00. The topological polar surface area (TPSA) is 88.2 Å². The molecule has 0 saturated carbocycles. The van der Waals surface area contributed by atoms with Gasteiger partial charge in [-0.05, 0) is 54.4 Å². The molecule has 0 atom stereocenters. The number of hydrogen-bond donors (Lipinski definition) is 3. The smallest absolute Gasteiger partial charge is 0.0993 e. The first kappa shape index (κ1) is 20.4. The second-order valence-electron chi connectivity index (χ2n) is 8.99. The molecule has 0 aliphatic heterocycles. The second-order valence-corrected chi connectivity index (χ2v) is 11.1. The van der Waals surface area contributed by atoms with Crippen molar-refractivity contribution < 1.29 is 0 Å². The highest BCUT2D eigenvalue weighted by molar-refractivity contribution is 7.23. The van der Waals surface area contributed by atoms with Crippen molar-refractivity contribution in [1.29, 1.82) is 5.41 Å². The highest BCUT2D eigenvalue weighted by Gasteiger charge is 2.19. The molecular weight excluding hydrogens is 468 g/mol. The largest absolute Gasteiger partial charge is 0.399 e. The molecule has 35 heavy (non-hydrogen) atoms. The molecule has 0 radical (unpaired) electrons. The Kier molecular flexibility index (Phi) is 4.22. The molecule has 0 aliphatic rings. The van der Waals surface area contributed by atoms with Gasteiger partial charge in [0.25, 0.3) is 0 Å². The molecule has 0 amide bonds. The summed E-state index contributed by atoms with van der Waals surface area (Å²) in [6, 6.07) is 25.2. The highest BCUT2D eigenvalue weighted by Crippen LogP contribution is 2.42. The first-order valence-corrected chi connectivity index (χ1v) is 12.9. The lowest BCUT2D eigenvalue weighted by Gasteiger charge is -1.99. The van der Waals surface area contributed by atoms with Crippen molar-refractivity contribution in [3.8, 4) is 20.9 Å². The summed E-state index contributed by atoms with van der Waals surface area (Å²) in [5, 5.41) is 20.9. The Morgan fingerprint density at radius 3 is 1.86 bits per heavy atom. The minimum atomic E-state index is 0.586. The molecule has 7 aromatic rings. The third-order valence-corrected chi connectivity index (χ3v) is 9.26. The number of benzene rings is 3. The Balaban J connectivity index is 1.48. The number of aryl methyl sites for hydroxylation is 1. The second kappa shape index (κ2) is 7.25. The predicted molar refractivity (Wildman–Crippen MR) is 150 cm³/mol. The van der Waals surface area contributed by atoms with E-state index in [9.17, 15) is 0 Å². The van der Waals surface area contributed by atoms with E-state index in [4.69, 9.17) is 17.0 Å². The number of nitrogens with one attached hydrogen (secondary N) is 1. The quantitative estimate of drug-likeness (QED) is 0.142. The van der Waals surface area contributed by atoms with Crippen LogP contribution < -0.4 is 22.3 Å². The average molecular weight is 489 g/mol. The SMILES string of the molecule is Cc1ccc(-c2cc3c(=N)c4cc5c(cc4c3s2)/c(=N/N)c2cc(-c3ccc(N)cc3)sc25)cc1. The van der Waals surface area contributed by atoms with Gasteiger partial charge in [-0.1, -0.05) is 42.0 Å². The van der Waals surface area contributed by atoms with Gasteiger partial charge < -0.3 is 11.6 Å². The summed E-state index contributed by atoms with van der Waals surface area (Å²) in [4.78, 5) is 2.34. The number of hydrogen-bond acceptors (Lipinski definition) is 6. The Morgan fingerprint density at radius 1 is 0.657 bits per heavy atom. The molecule has 5 aromatic carbocycles. The van der Waals surface area contributed by atoms with Crippen LogP contribution in [0.4, 0.5) is 5.69 Å². The van der Waals surface area contributed by atoms with Gasteiger partial charge >= 0.3 is 0 Å². The van der Waals surface area contributed by atoms with Gasteiger partial charge in [0, 0.05) is 57.2 Å². The number of nitrogen functional groups attached to an aromatic ring is 1. The molecule has 0 bridgehead atoms. The van der Waals surface area contributed by atoms with Crippen LogP contribution in [0.1, 0.15) is 5.56 Å². The van der Waals surface area contributed by atoms with Gasteiger partial charge in [0.2, 0.25) is 0 Å². The lowest BCUT2D eigenvalue weighted by atomic mass is 10.1. The number of thiophene rings is 2. The third-order valence-electron chi connectivity index (χ3n) is 6.82. The number of anilines is 1. The van der Waals surface area contributed by atoms with E-state index in [1.54, 1.807) is 22.7 Å². The fourth-order valence-corrected chi connectivity index (χ4v) is 7.40. The minimum absolute atomic E-state index is 0.586. The molecular formula is C29H20N4S2. The van der Waals surface area contributed by atoms with Gasteiger partial charge in [0.05, 0.1) is 10.7 Å². The summed E-state index contributed by atoms with van der Waals surface area (Å²) >= 11 is 3.48. The van der Waals surface area contributed by atoms with E-state index in [0.29, 0.717) is 5.36 Å². The number of nitrogens with two attached hydrogens (primary N) is 2. The molecule has 4 nitrogen and oxygen atoms in total. The fraction of sp³-hybridized carbons (Fsp3) is 0.0345. The van der Waals surface area contributed by atoms with E-state index in [2.05, 4.69) is 60.6 Å². The van der Waals surface area contributed by atoms with Crippen molar-refractivity contribution in [3.63, 3.8) is 0 Å². The summed E-state index contributed by atoms with van der Waals surface area (Å²) in [7, 11) is 0. The Morgan fingerprint density at radius 2 is 1.20 bits per heavy atom. The van der Waals surface area contributed by atoms with Gasteiger partial charge in [0.15, 0.2) is 0 Å². The maximum Gasteiger partial charge on any atom is 0.0993 e. The summed E-state index contributed by atoms with van der Waals surface area (Å²) in [6.07, 6.45) is 0. The van der Waals surface area contributed by atoms with E-state index >= 15 is 0 Å². The van der Waals surface area contributed by atoms with E-state index in [-0.39, 0.29) is 0 Å². The Labute approximate surface area is 208 Å². The number of fused-ring (bicyclic) bond motifs is 6. The molecule has 0 fully saturated rings. The summed E-state index contributed by atoms with van der Waals surface area (Å²) in [5.41, 5.74) is 10.2. The highest BCUT2D eigenvalue weighted by atomic mass is 32.1. The van der Waals surface area contributed by atoms with Crippen LogP contribution in [-0.2, 0) is 0 Å². The molecule has 6 heteroatoms. The van der Waals surface area contributed by atoms with Gasteiger partial charge in [-0.15, -0.1) is 22.7 Å². The van der Waals surface area contributed by atoms with Crippen LogP contribution in [0.5, 0.6) is 0 Å². The zero-order valence-corrected chi connectivity index (χ0v) is 20.5. The van der Waals surface area contributed by atoms with Crippen molar-refractivity contribution in [2.45, 2.75) is 6.92 Å².